The minimum absolute atomic E-state index is 0.265. The van der Waals surface area contributed by atoms with Crippen LogP contribution in [0.25, 0.3) is 0 Å². The lowest BCUT2D eigenvalue weighted by molar-refractivity contribution is 0.462. The van der Waals surface area contributed by atoms with Gasteiger partial charge < -0.3 is 0 Å². The Morgan fingerprint density at radius 1 is 1.14 bits per heavy atom. The van der Waals surface area contributed by atoms with Crippen LogP contribution in [0.3, 0.4) is 0 Å². The van der Waals surface area contributed by atoms with Gasteiger partial charge >= 0.3 is 0 Å². The van der Waals surface area contributed by atoms with Crippen LogP contribution in [0.15, 0.2) is 42.6 Å². The van der Waals surface area contributed by atoms with Crippen LogP contribution in [0.4, 0.5) is 0 Å². The van der Waals surface area contributed by atoms with Crippen molar-refractivity contribution in [1.29, 1.82) is 0 Å². The number of benzene rings is 1. The molecule has 0 fully saturated rings. The standard InChI is InChI=1S/C17H22Cl2N2/c1-3-14(2)21-10-9-16(20-21)11-17(12-18,13-19)15-7-5-4-6-8-15/h4-10,14H,3,11-13H2,1-2H3. The highest BCUT2D eigenvalue weighted by molar-refractivity contribution is 6.22. The minimum Gasteiger partial charge on any atom is -0.270 e. The molecule has 1 unspecified atom stereocenters. The van der Waals surface area contributed by atoms with Gasteiger partial charge in [0.1, 0.15) is 0 Å². The molecule has 1 aromatic heterocycles. The maximum Gasteiger partial charge on any atom is 0.0634 e. The molecule has 0 aliphatic rings. The zero-order chi connectivity index (χ0) is 15.3. The molecule has 0 amide bonds. The molecule has 1 atom stereocenters. The maximum atomic E-state index is 6.29. The lowest BCUT2D eigenvalue weighted by Crippen LogP contribution is -2.33. The van der Waals surface area contributed by atoms with Gasteiger partial charge in [0.05, 0.1) is 5.69 Å². The van der Waals surface area contributed by atoms with Crippen LogP contribution in [0.2, 0.25) is 0 Å². The second-order valence-electron chi connectivity index (χ2n) is 5.63. The molecule has 4 heteroatoms. The Bertz CT molecular complexity index is 547. The van der Waals surface area contributed by atoms with Crippen molar-refractivity contribution in [2.45, 2.75) is 38.1 Å². The van der Waals surface area contributed by atoms with Gasteiger partial charge in [0, 0.05) is 35.8 Å². The summed E-state index contributed by atoms with van der Waals surface area (Å²) in [5.41, 5.74) is 1.95. The third-order valence-corrected chi connectivity index (χ3v) is 5.15. The molecule has 0 aliphatic heterocycles. The predicted octanol–water partition coefficient (Wildman–Crippen LogP) is 4.81. The largest absolute Gasteiger partial charge is 0.270 e. The summed E-state index contributed by atoms with van der Waals surface area (Å²) in [6, 6.07) is 12.7. The van der Waals surface area contributed by atoms with E-state index < -0.39 is 0 Å². The molecule has 0 N–H and O–H groups in total. The smallest absolute Gasteiger partial charge is 0.0634 e. The third-order valence-electron chi connectivity index (χ3n) is 4.12. The van der Waals surface area contributed by atoms with E-state index in [0.717, 1.165) is 18.5 Å². The third kappa shape index (κ3) is 3.61. The van der Waals surface area contributed by atoms with E-state index in [-0.39, 0.29) is 5.41 Å². The summed E-state index contributed by atoms with van der Waals surface area (Å²) in [6.45, 7) is 4.34. The van der Waals surface area contributed by atoms with E-state index in [1.165, 1.54) is 5.56 Å². The van der Waals surface area contributed by atoms with Crippen molar-refractivity contribution in [3.63, 3.8) is 0 Å². The highest BCUT2D eigenvalue weighted by Gasteiger charge is 2.31. The SMILES string of the molecule is CCC(C)n1ccc(CC(CCl)(CCl)c2ccccc2)n1. The van der Waals surface area contributed by atoms with E-state index in [2.05, 4.69) is 37.1 Å². The molecule has 0 radical (unpaired) electrons. The molecule has 2 rings (SSSR count). The van der Waals surface area contributed by atoms with Gasteiger partial charge in [-0.3, -0.25) is 4.68 Å². The van der Waals surface area contributed by atoms with Crippen molar-refractivity contribution in [2.75, 3.05) is 11.8 Å². The summed E-state index contributed by atoms with van der Waals surface area (Å²) in [6.07, 6.45) is 3.87. The molecule has 0 aliphatic carbocycles. The van der Waals surface area contributed by atoms with Crippen molar-refractivity contribution >= 4 is 23.2 Å². The van der Waals surface area contributed by atoms with Gasteiger partial charge in [0.15, 0.2) is 0 Å². The Kier molecular flexibility index (Phi) is 5.72. The normalized spacial score (nSPS) is 13.3. The van der Waals surface area contributed by atoms with E-state index in [1.807, 2.05) is 29.1 Å². The van der Waals surface area contributed by atoms with E-state index >= 15 is 0 Å². The molecule has 1 heterocycles. The Morgan fingerprint density at radius 2 is 1.81 bits per heavy atom. The van der Waals surface area contributed by atoms with Crippen LogP contribution >= 0.6 is 23.2 Å². The van der Waals surface area contributed by atoms with Crippen molar-refractivity contribution in [3.8, 4) is 0 Å². The van der Waals surface area contributed by atoms with Crippen LogP contribution in [0.1, 0.15) is 37.6 Å². The van der Waals surface area contributed by atoms with Gasteiger partial charge in [-0.05, 0) is 25.0 Å². The molecule has 1 aromatic carbocycles. The average Bonchev–Trinajstić information content (AvgIpc) is 3.01. The summed E-state index contributed by atoms with van der Waals surface area (Å²) in [4.78, 5) is 0. The first-order chi connectivity index (χ1) is 10.1. The van der Waals surface area contributed by atoms with Gasteiger partial charge in [-0.15, -0.1) is 23.2 Å². The summed E-state index contributed by atoms with van der Waals surface area (Å²) >= 11 is 12.6. The van der Waals surface area contributed by atoms with Crippen LogP contribution in [-0.4, -0.2) is 21.5 Å². The number of alkyl halides is 2. The summed E-state index contributed by atoms with van der Waals surface area (Å²) in [5, 5.41) is 4.69. The Labute approximate surface area is 137 Å². The predicted molar refractivity (Wildman–Crippen MR) is 90.5 cm³/mol. The quantitative estimate of drug-likeness (QED) is 0.668. The second kappa shape index (κ2) is 7.33. The van der Waals surface area contributed by atoms with E-state index in [9.17, 15) is 0 Å². The Balaban J connectivity index is 2.26. The monoisotopic (exact) mass is 324 g/mol. The molecule has 0 saturated carbocycles. The van der Waals surface area contributed by atoms with Gasteiger partial charge in [-0.25, -0.2) is 0 Å². The topological polar surface area (TPSA) is 17.8 Å². The number of hydrogen-bond donors (Lipinski definition) is 0. The van der Waals surface area contributed by atoms with Crippen molar-refractivity contribution in [2.24, 2.45) is 0 Å². The Morgan fingerprint density at radius 3 is 2.38 bits per heavy atom. The highest BCUT2D eigenvalue weighted by Crippen LogP contribution is 2.31. The van der Waals surface area contributed by atoms with E-state index in [0.29, 0.717) is 17.8 Å². The molecular formula is C17H22Cl2N2. The number of rotatable bonds is 7. The first-order valence-corrected chi connectivity index (χ1v) is 8.43. The number of halogens is 2. The molecule has 2 aromatic rings. The molecule has 0 spiro atoms. The molecular weight excluding hydrogens is 303 g/mol. The molecule has 114 valence electrons. The first-order valence-electron chi connectivity index (χ1n) is 7.36. The van der Waals surface area contributed by atoms with Crippen molar-refractivity contribution in [1.82, 2.24) is 9.78 Å². The lowest BCUT2D eigenvalue weighted by Gasteiger charge is -2.29. The molecule has 0 bridgehead atoms. The van der Waals surface area contributed by atoms with Crippen LogP contribution in [0, 0.1) is 0 Å². The zero-order valence-electron chi connectivity index (χ0n) is 12.6. The first kappa shape index (κ1) is 16.4. The van der Waals surface area contributed by atoms with Crippen LogP contribution in [0.5, 0.6) is 0 Å². The van der Waals surface area contributed by atoms with Gasteiger partial charge in [-0.1, -0.05) is 37.3 Å². The van der Waals surface area contributed by atoms with Gasteiger partial charge in [-0.2, -0.15) is 5.10 Å². The lowest BCUT2D eigenvalue weighted by atomic mass is 9.80. The maximum absolute atomic E-state index is 6.29. The number of hydrogen-bond acceptors (Lipinski definition) is 1. The molecule has 21 heavy (non-hydrogen) atoms. The molecule has 0 saturated heterocycles. The summed E-state index contributed by atoms with van der Waals surface area (Å²) < 4.78 is 2.02. The molecule has 2 nitrogen and oxygen atoms in total. The Hall–Kier alpha value is -0.990. The average molecular weight is 325 g/mol. The van der Waals surface area contributed by atoms with Gasteiger partial charge in [0.25, 0.3) is 0 Å². The van der Waals surface area contributed by atoms with Crippen molar-refractivity contribution in [3.05, 3.63) is 53.9 Å². The zero-order valence-corrected chi connectivity index (χ0v) is 14.1. The minimum atomic E-state index is -0.265. The highest BCUT2D eigenvalue weighted by atomic mass is 35.5. The number of aromatic nitrogens is 2. The number of nitrogens with zero attached hydrogens (tertiary/aromatic N) is 2. The van der Waals surface area contributed by atoms with E-state index in [1.54, 1.807) is 0 Å². The van der Waals surface area contributed by atoms with Gasteiger partial charge in [0.2, 0.25) is 0 Å². The summed E-state index contributed by atoms with van der Waals surface area (Å²) in [5.74, 6) is 0.966. The summed E-state index contributed by atoms with van der Waals surface area (Å²) in [7, 11) is 0. The van der Waals surface area contributed by atoms with Crippen LogP contribution in [-0.2, 0) is 11.8 Å². The fraction of sp³-hybridized carbons (Fsp3) is 0.471. The van der Waals surface area contributed by atoms with Crippen molar-refractivity contribution < 1.29 is 0 Å². The fourth-order valence-electron chi connectivity index (χ4n) is 2.43. The van der Waals surface area contributed by atoms with Crippen LogP contribution < -0.4 is 0 Å². The fourth-order valence-corrected chi connectivity index (χ4v) is 3.21. The second-order valence-corrected chi connectivity index (χ2v) is 6.17. The van der Waals surface area contributed by atoms with E-state index in [4.69, 9.17) is 23.2 Å².